The summed E-state index contributed by atoms with van der Waals surface area (Å²) in [5.74, 6) is -0.0246. The van der Waals surface area contributed by atoms with E-state index in [2.05, 4.69) is 0 Å². The highest BCUT2D eigenvalue weighted by atomic mass is 19.1. The molecule has 1 aliphatic heterocycles. The third-order valence-electron chi connectivity index (χ3n) is 2.99. The number of ketones is 1. The number of para-hydroxylation sites is 1. The van der Waals surface area contributed by atoms with Crippen molar-refractivity contribution in [2.75, 3.05) is 0 Å². The van der Waals surface area contributed by atoms with Gasteiger partial charge in [0.1, 0.15) is 5.75 Å². The molecule has 94 valence electrons. The fourth-order valence-corrected chi connectivity index (χ4v) is 2.05. The Balaban J connectivity index is 2.05. The van der Waals surface area contributed by atoms with Crippen LogP contribution >= 0.6 is 0 Å². The third-order valence-corrected chi connectivity index (χ3v) is 2.99. The summed E-state index contributed by atoms with van der Waals surface area (Å²) in [5.41, 5.74) is 1.21. The van der Waals surface area contributed by atoms with Crippen molar-refractivity contribution in [3.05, 3.63) is 71.3 Å². The minimum Gasteiger partial charge on any atom is -0.455 e. The highest BCUT2D eigenvalue weighted by molar-refractivity contribution is 6.14. The minimum atomic E-state index is -1.72. The summed E-state index contributed by atoms with van der Waals surface area (Å²) in [6.45, 7) is 0. The smallest absolute Gasteiger partial charge is 0.268 e. The van der Waals surface area contributed by atoms with Gasteiger partial charge in [0, 0.05) is 0 Å². The number of ether oxygens (including phenoxy) is 1. The predicted octanol–water partition coefficient (Wildman–Crippen LogP) is 3.64. The molecule has 0 aromatic heterocycles. The van der Waals surface area contributed by atoms with Gasteiger partial charge in [-0.05, 0) is 23.8 Å². The molecule has 0 bridgehead atoms. The van der Waals surface area contributed by atoms with E-state index < -0.39 is 6.36 Å². The van der Waals surface area contributed by atoms with E-state index in [0.717, 1.165) is 5.56 Å². The number of halogens is 1. The number of Topliss-reactive ketones (excluding diaryl/α,β-unsaturated/α-hetero) is 1. The van der Waals surface area contributed by atoms with Gasteiger partial charge in [-0.15, -0.1) is 0 Å². The zero-order valence-corrected chi connectivity index (χ0v) is 10.0. The number of alkyl halides is 1. The van der Waals surface area contributed by atoms with E-state index in [1.54, 1.807) is 24.3 Å². The first-order valence-corrected chi connectivity index (χ1v) is 5.97. The van der Waals surface area contributed by atoms with Crippen molar-refractivity contribution in [1.82, 2.24) is 0 Å². The van der Waals surface area contributed by atoms with Crippen LogP contribution in [-0.2, 0) is 0 Å². The minimum absolute atomic E-state index is 0.0323. The molecule has 0 N–H and O–H groups in total. The monoisotopic (exact) mass is 254 g/mol. The van der Waals surface area contributed by atoms with Crippen molar-refractivity contribution in [3.8, 4) is 5.75 Å². The fraction of sp³-hybridized carbons (Fsp3) is 0.0625. The normalized spacial score (nSPS) is 19.9. The molecule has 0 spiro atoms. The first kappa shape index (κ1) is 11.7. The first-order valence-electron chi connectivity index (χ1n) is 5.97. The molecule has 2 aromatic carbocycles. The molecule has 0 aliphatic carbocycles. The van der Waals surface area contributed by atoms with Crippen LogP contribution in [0.1, 0.15) is 15.9 Å². The Morgan fingerprint density at radius 3 is 2.47 bits per heavy atom. The molecule has 2 aromatic rings. The Labute approximate surface area is 110 Å². The lowest BCUT2D eigenvalue weighted by Crippen LogP contribution is -2.26. The molecular weight excluding hydrogens is 243 g/mol. The second-order valence-corrected chi connectivity index (χ2v) is 4.27. The molecule has 0 radical (unpaired) electrons. The summed E-state index contributed by atoms with van der Waals surface area (Å²) in [5, 5.41) is 0. The zero-order chi connectivity index (χ0) is 13.2. The van der Waals surface area contributed by atoms with Crippen LogP contribution in [0.2, 0.25) is 0 Å². The van der Waals surface area contributed by atoms with Crippen molar-refractivity contribution in [1.29, 1.82) is 0 Å². The second kappa shape index (κ2) is 4.69. The number of carbonyl (C=O) groups excluding carboxylic acids is 1. The highest BCUT2D eigenvalue weighted by Crippen LogP contribution is 2.31. The molecule has 0 fully saturated rings. The second-order valence-electron chi connectivity index (χ2n) is 4.27. The van der Waals surface area contributed by atoms with Crippen LogP contribution in [0, 0.1) is 0 Å². The van der Waals surface area contributed by atoms with Gasteiger partial charge >= 0.3 is 0 Å². The Morgan fingerprint density at radius 2 is 1.68 bits per heavy atom. The maximum absolute atomic E-state index is 14.0. The van der Waals surface area contributed by atoms with Gasteiger partial charge < -0.3 is 4.74 Å². The van der Waals surface area contributed by atoms with Crippen LogP contribution < -0.4 is 4.74 Å². The molecule has 1 aliphatic rings. The molecule has 0 saturated carbocycles. The molecule has 0 amide bonds. The SMILES string of the molecule is O=C1/C(=C\c2ccccc2)C(F)Oc2ccccc21. The molecule has 2 nitrogen and oxygen atoms in total. The van der Waals surface area contributed by atoms with Gasteiger partial charge in [0.05, 0.1) is 11.1 Å². The van der Waals surface area contributed by atoms with Crippen molar-refractivity contribution < 1.29 is 13.9 Å². The first-order chi connectivity index (χ1) is 9.25. The number of rotatable bonds is 1. The molecule has 19 heavy (non-hydrogen) atoms. The summed E-state index contributed by atoms with van der Waals surface area (Å²) >= 11 is 0. The van der Waals surface area contributed by atoms with Crippen LogP contribution in [0.25, 0.3) is 6.08 Å². The van der Waals surface area contributed by atoms with E-state index in [4.69, 9.17) is 4.74 Å². The predicted molar refractivity (Wildman–Crippen MR) is 70.7 cm³/mol. The van der Waals surface area contributed by atoms with Crippen LogP contribution in [-0.4, -0.2) is 12.1 Å². The van der Waals surface area contributed by atoms with Gasteiger partial charge in [0.25, 0.3) is 6.36 Å². The summed E-state index contributed by atoms with van der Waals surface area (Å²) in [6, 6.07) is 15.8. The van der Waals surface area contributed by atoms with Crippen molar-refractivity contribution in [2.24, 2.45) is 0 Å². The van der Waals surface area contributed by atoms with Crippen molar-refractivity contribution in [3.63, 3.8) is 0 Å². The number of carbonyl (C=O) groups is 1. The highest BCUT2D eigenvalue weighted by Gasteiger charge is 2.31. The van der Waals surface area contributed by atoms with Gasteiger partial charge in [-0.25, -0.2) is 0 Å². The third kappa shape index (κ3) is 2.15. The lowest BCUT2D eigenvalue weighted by Gasteiger charge is -2.22. The topological polar surface area (TPSA) is 26.3 Å². The summed E-state index contributed by atoms with van der Waals surface area (Å²) in [7, 11) is 0. The number of fused-ring (bicyclic) bond motifs is 1. The summed E-state index contributed by atoms with van der Waals surface area (Å²) in [6.07, 6.45) is -0.189. The van der Waals surface area contributed by atoms with E-state index in [0.29, 0.717) is 11.3 Å². The van der Waals surface area contributed by atoms with Crippen LogP contribution in [0.5, 0.6) is 5.75 Å². The van der Waals surface area contributed by atoms with Gasteiger partial charge in [0.2, 0.25) is 0 Å². The molecule has 1 heterocycles. The lowest BCUT2D eigenvalue weighted by atomic mass is 9.98. The summed E-state index contributed by atoms with van der Waals surface area (Å²) in [4.78, 5) is 12.2. The number of hydrogen-bond donors (Lipinski definition) is 0. The molecule has 3 heteroatoms. The van der Waals surface area contributed by atoms with Gasteiger partial charge in [0.15, 0.2) is 5.78 Å². The Hall–Kier alpha value is -2.42. The van der Waals surface area contributed by atoms with E-state index in [1.807, 2.05) is 30.3 Å². The fourth-order valence-electron chi connectivity index (χ4n) is 2.05. The van der Waals surface area contributed by atoms with Crippen LogP contribution in [0.15, 0.2) is 60.2 Å². The van der Waals surface area contributed by atoms with E-state index >= 15 is 0 Å². The molecule has 0 saturated heterocycles. The van der Waals surface area contributed by atoms with Crippen molar-refractivity contribution >= 4 is 11.9 Å². The Morgan fingerprint density at radius 1 is 1.00 bits per heavy atom. The lowest BCUT2D eigenvalue weighted by molar-refractivity contribution is 0.0727. The molecule has 1 unspecified atom stereocenters. The van der Waals surface area contributed by atoms with Crippen LogP contribution in [0.4, 0.5) is 4.39 Å². The Bertz CT molecular complexity index is 647. The number of benzene rings is 2. The standard InChI is InChI=1S/C16H11FO2/c17-16-13(10-11-6-2-1-3-7-11)15(18)12-8-4-5-9-14(12)19-16/h1-10,16H/b13-10+. The van der Waals surface area contributed by atoms with Gasteiger partial charge in [-0.1, -0.05) is 42.5 Å². The average molecular weight is 254 g/mol. The molecule has 3 rings (SSSR count). The summed E-state index contributed by atoms with van der Waals surface area (Å²) < 4.78 is 19.1. The van der Waals surface area contributed by atoms with Gasteiger partial charge in [-0.3, -0.25) is 4.79 Å². The maximum atomic E-state index is 14.0. The largest absolute Gasteiger partial charge is 0.455 e. The average Bonchev–Trinajstić information content (AvgIpc) is 2.45. The van der Waals surface area contributed by atoms with E-state index in [1.165, 1.54) is 6.08 Å². The van der Waals surface area contributed by atoms with Gasteiger partial charge in [-0.2, -0.15) is 4.39 Å². The quantitative estimate of drug-likeness (QED) is 0.726. The Kier molecular flexibility index (Phi) is 2.88. The van der Waals surface area contributed by atoms with Crippen LogP contribution in [0.3, 0.4) is 0 Å². The van der Waals surface area contributed by atoms with Crippen molar-refractivity contribution in [2.45, 2.75) is 6.36 Å². The zero-order valence-electron chi connectivity index (χ0n) is 10.0. The molecular formula is C16H11FO2. The van der Waals surface area contributed by atoms with E-state index in [-0.39, 0.29) is 11.4 Å². The van der Waals surface area contributed by atoms with E-state index in [9.17, 15) is 9.18 Å². The molecule has 1 atom stereocenters. The maximum Gasteiger partial charge on any atom is 0.268 e. The number of hydrogen-bond acceptors (Lipinski definition) is 2.